The Labute approximate surface area is 154 Å². The first-order valence-corrected chi connectivity index (χ1v) is 9.27. The van der Waals surface area contributed by atoms with Crippen LogP contribution in [0.5, 0.6) is 0 Å². The Balaban J connectivity index is 1.90. The smallest absolute Gasteiger partial charge is 0.306 e. The molecule has 3 nitrogen and oxygen atoms in total. The lowest BCUT2D eigenvalue weighted by Crippen LogP contribution is -2.39. The molecule has 1 saturated heterocycles. The summed E-state index contributed by atoms with van der Waals surface area (Å²) < 4.78 is 0. The van der Waals surface area contributed by atoms with E-state index in [0.717, 1.165) is 30.1 Å². The van der Waals surface area contributed by atoms with Crippen molar-refractivity contribution in [1.29, 1.82) is 0 Å². The zero-order chi connectivity index (χ0) is 17.8. The van der Waals surface area contributed by atoms with Gasteiger partial charge in [-0.05, 0) is 61.2 Å². The largest absolute Gasteiger partial charge is 0.481 e. The first kappa shape index (κ1) is 18.0. The Morgan fingerprint density at radius 2 is 1.84 bits per heavy atom. The van der Waals surface area contributed by atoms with Crippen molar-refractivity contribution in [2.45, 2.75) is 32.2 Å². The number of halogens is 1. The molecule has 0 saturated carbocycles. The van der Waals surface area contributed by atoms with Crippen LogP contribution in [0.3, 0.4) is 0 Å². The first-order chi connectivity index (χ1) is 12.1. The van der Waals surface area contributed by atoms with Gasteiger partial charge in [0.2, 0.25) is 0 Å². The standard InChI is InChI=1S/C21H24ClNO2/c1-2-15-6-8-16(9-7-15)20(18-4-3-5-19(22)14-18)23-12-10-17(11-13-23)21(24)25/h3-9,14,17,20H,2,10-13H2,1H3,(H,24,25). The number of likely N-dealkylation sites (tertiary alicyclic amines) is 1. The maximum atomic E-state index is 11.3. The van der Waals surface area contributed by atoms with Crippen LogP contribution in [0.25, 0.3) is 0 Å². The van der Waals surface area contributed by atoms with Crippen molar-refractivity contribution in [1.82, 2.24) is 4.90 Å². The van der Waals surface area contributed by atoms with Crippen LogP contribution in [-0.2, 0) is 11.2 Å². The number of piperidine rings is 1. The molecule has 1 unspecified atom stereocenters. The van der Waals surface area contributed by atoms with E-state index in [0.29, 0.717) is 12.8 Å². The summed E-state index contributed by atoms with van der Waals surface area (Å²) in [5.41, 5.74) is 3.71. The average molecular weight is 358 g/mol. The van der Waals surface area contributed by atoms with E-state index in [1.165, 1.54) is 11.1 Å². The highest BCUT2D eigenvalue weighted by Crippen LogP contribution is 2.33. The predicted octanol–water partition coefficient (Wildman–Crippen LogP) is 4.79. The molecule has 1 fully saturated rings. The molecule has 3 rings (SSSR count). The molecule has 4 heteroatoms. The van der Waals surface area contributed by atoms with Crippen molar-refractivity contribution < 1.29 is 9.90 Å². The zero-order valence-corrected chi connectivity index (χ0v) is 15.2. The van der Waals surface area contributed by atoms with Gasteiger partial charge in [0.1, 0.15) is 0 Å². The minimum atomic E-state index is -0.675. The average Bonchev–Trinajstić information content (AvgIpc) is 2.63. The molecule has 25 heavy (non-hydrogen) atoms. The summed E-state index contributed by atoms with van der Waals surface area (Å²) in [7, 11) is 0. The highest BCUT2D eigenvalue weighted by molar-refractivity contribution is 6.30. The van der Waals surface area contributed by atoms with Gasteiger partial charge in [0.15, 0.2) is 0 Å². The van der Waals surface area contributed by atoms with Gasteiger partial charge >= 0.3 is 5.97 Å². The Bertz CT molecular complexity index is 721. The summed E-state index contributed by atoms with van der Waals surface area (Å²) in [6.07, 6.45) is 2.41. The second-order valence-corrected chi connectivity index (χ2v) is 7.14. The van der Waals surface area contributed by atoms with E-state index in [4.69, 9.17) is 11.6 Å². The number of carboxylic acid groups (broad SMARTS) is 1. The molecule has 0 bridgehead atoms. The molecule has 1 atom stereocenters. The second kappa shape index (κ2) is 8.03. The molecule has 132 valence electrons. The van der Waals surface area contributed by atoms with Crippen LogP contribution in [0.2, 0.25) is 5.02 Å². The number of rotatable bonds is 5. The van der Waals surface area contributed by atoms with E-state index in [1.54, 1.807) is 0 Å². The molecule has 0 aliphatic carbocycles. The van der Waals surface area contributed by atoms with Crippen LogP contribution < -0.4 is 0 Å². The summed E-state index contributed by atoms with van der Waals surface area (Å²) in [5, 5.41) is 9.98. The summed E-state index contributed by atoms with van der Waals surface area (Å²) in [6, 6.07) is 16.8. The van der Waals surface area contributed by atoms with E-state index in [2.05, 4.69) is 42.2 Å². The lowest BCUT2D eigenvalue weighted by Gasteiger charge is -2.37. The quantitative estimate of drug-likeness (QED) is 0.836. The minimum Gasteiger partial charge on any atom is -0.481 e. The van der Waals surface area contributed by atoms with Gasteiger partial charge < -0.3 is 5.11 Å². The molecular weight excluding hydrogens is 334 g/mol. The highest BCUT2D eigenvalue weighted by atomic mass is 35.5. The first-order valence-electron chi connectivity index (χ1n) is 8.89. The maximum absolute atomic E-state index is 11.3. The van der Waals surface area contributed by atoms with E-state index in [9.17, 15) is 9.90 Å². The van der Waals surface area contributed by atoms with Gasteiger partial charge in [-0.1, -0.05) is 54.9 Å². The fourth-order valence-corrected chi connectivity index (χ4v) is 3.83. The molecule has 0 amide bonds. The Kier molecular flexibility index (Phi) is 5.77. The van der Waals surface area contributed by atoms with Gasteiger partial charge in [-0.2, -0.15) is 0 Å². The maximum Gasteiger partial charge on any atom is 0.306 e. The third-order valence-electron chi connectivity index (χ3n) is 5.11. The third-order valence-corrected chi connectivity index (χ3v) is 5.35. The summed E-state index contributed by atoms with van der Waals surface area (Å²) in [6.45, 7) is 3.72. The molecule has 0 spiro atoms. The number of carbonyl (C=O) groups is 1. The van der Waals surface area contributed by atoms with Gasteiger partial charge in [-0.25, -0.2) is 0 Å². The normalized spacial score (nSPS) is 17.4. The number of aryl methyl sites for hydroxylation is 1. The number of carboxylic acids is 1. The van der Waals surface area contributed by atoms with E-state index < -0.39 is 5.97 Å². The van der Waals surface area contributed by atoms with Crippen molar-refractivity contribution in [2.75, 3.05) is 13.1 Å². The Morgan fingerprint density at radius 3 is 2.40 bits per heavy atom. The van der Waals surface area contributed by atoms with Crippen LogP contribution in [0.1, 0.15) is 42.5 Å². The van der Waals surface area contributed by atoms with E-state index >= 15 is 0 Å². The van der Waals surface area contributed by atoms with Crippen molar-refractivity contribution in [2.24, 2.45) is 5.92 Å². The summed E-state index contributed by atoms with van der Waals surface area (Å²) in [5.74, 6) is -0.898. The molecule has 0 aromatic heterocycles. The molecule has 0 radical (unpaired) electrons. The van der Waals surface area contributed by atoms with Crippen LogP contribution in [0.15, 0.2) is 48.5 Å². The summed E-state index contributed by atoms with van der Waals surface area (Å²) in [4.78, 5) is 13.6. The van der Waals surface area contributed by atoms with Crippen LogP contribution in [0, 0.1) is 5.92 Å². The number of hydrogen-bond donors (Lipinski definition) is 1. The fraction of sp³-hybridized carbons (Fsp3) is 0.381. The van der Waals surface area contributed by atoms with Crippen molar-refractivity contribution in [3.05, 3.63) is 70.2 Å². The van der Waals surface area contributed by atoms with Gasteiger partial charge in [0.05, 0.1) is 12.0 Å². The third kappa shape index (κ3) is 4.23. The van der Waals surface area contributed by atoms with Gasteiger partial charge in [0, 0.05) is 5.02 Å². The Morgan fingerprint density at radius 1 is 1.16 bits per heavy atom. The van der Waals surface area contributed by atoms with Crippen LogP contribution in [-0.4, -0.2) is 29.1 Å². The van der Waals surface area contributed by atoms with Gasteiger partial charge in [0.25, 0.3) is 0 Å². The topological polar surface area (TPSA) is 40.5 Å². The lowest BCUT2D eigenvalue weighted by molar-refractivity contribution is -0.143. The molecular formula is C21H24ClNO2. The van der Waals surface area contributed by atoms with Crippen molar-refractivity contribution >= 4 is 17.6 Å². The fourth-order valence-electron chi connectivity index (χ4n) is 3.63. The monoisotopic (exact) mass is 357 g/mol. The van der Waals surface area contributed by atoms with Gasteiger partial charge in [-0.15, -0.1) is 0 Å². The molecule has 1 heterocycles. The number of aliphatic carboxylic acids is 1. The molecule has 1 aliphatic rings. The van der Waals surface area contributed by atoms with Crippen molar-refractivity contribution in [3.63, 3.8) is 0 Å². The molecule has 1 aliphatic heterocycles. The molecule has 2 aromatic rings. The van der Waals surface area contributed by atoms with Crippen LogP contribution in [0.4, 0.5) is 0 Å². The van der Waals surface area contributed by atoms with Gasteiger partial charge in [-0.3, -0.25) is 9.69 Å². The zero-order valence-electron chi connectivity index (χ0n) is 14.5. The molecule has 2 aromatic carbocycles. The van der Waals surface area contributed by atoms with E-state index in [-0.39, 0.29) is 12.0 Å². The second-order valence-electron chi connectivity index (χ2n) is 6.70. The lowest BCUT2D eigenvalue weighted by atomic mass is 9.91. The number of benzene rings is 2. The minimum absolute atomic E-state index is 0.111. The van der Waals surface area contributed by atoms with Crippen LogP contribution >= 0.6 is 11.6 Å². The SMILES string of the molecule is CCc1ccc(C(c2cccc(Cl)c2)N2CCC(C(=O)O)CC2)cc1. The number of nitrogens with zero attached hydrogens (tertiary/aromatic N) is 1. The Hall–Kier alpha value is -1.84. The molecule has 1 N–H and O–H groups in total. The predicted molar refractivity (Wildman–Crippen MR) is 101 cm³/mol. The van der Waals surface area contributed by atoms with Crippen molar-refractivity contribution in [3.8, 4) is 0 Å². The van der Waals surface area contributed by atoms with E-state index in [1.807, 2.05) is 18.2 Å². The highest BCUT2D eigenvalue weighted by Gasteiger charge is 2.30. The summed E-state index contributed by atoms with van der Waals surface area (Å²) >= 11 is 6.23. The number of hydrogen-bond acceptors (Lipinski definition) is 2.